The third-order valence-corrected chi connectivity index (χ3v) is 4.88. The van der Waals surface area contributed by atoms with Gasteiger partial charge in [0.1, 0.15) is 0 Å². The molecule has 1 aliphatic rings. The van der Waals surface area contributed by atoms with Crippen LogP contribution in [0.2, 0.25) is 0 Å². The summed E-state index contributed by atoms with van der Waals surface area (Å²) in [5.41, 5.74) is 1.15. The van der Waals surface area contributed by atoms with Gasteiger partial charge in [0.05, 0.1) is 5.69 Å². The summed E-state index contributed by atoms with van der Waals surface area (Å²) in [6, 6.07) is 0. The molecule has 0 aliphatic carbocycles. The summed E-state index contributed by atoms with van der Waals surface area (Å²) < 4.78 is 0. The van der Waals surface area contributed by atoms with E-state index in [0.29, 0.717) is 5.92 Å². The van der Waals surface area contributed by atoms with E-state index < -0.39 is 5.97 Å². The van der Waals surface area contributed by atoms with Gasteiger partial charge in [-0.3, -0.25) is 4.79 Å². The number of carboxylic acids is 1. The maximum Gasteiger partial charge on any atom is 0.303 e. The van der Waals surface area contributed by atoms with Gasteiger partial charge < -0.3 is 10.0 Å². The number of carbonyl (C=O) groups is 1. The van der Waals surface area contributed by atoms with Crippen LogP contribution in [0.5, 0.6) is 0 Å². The van der Waals surface area contributed by atoms with E-state index in [1.165, 1.54) is 0 Å². The van der Waals surface area contributed by atoms with E-state index >= 15 is 0 Å². The second-order valence-electron chi connectivity index (χ2n) is 5.40. The Hall–Kier alpha value is -1.10. The molecular formula is C14H22N2O2S. The summed E-state index contributed by atoms with van der Waals surface area (Å²) in [6.07, 6.45) is 3.52. The molecule has 1 saturated heterocycles. The minimum absolute atomic E-state index is 0.242. The van der Waals surface area contributed by atoms with Crippen molar-refractivity contribution in [1.82, 2.24) is 4.98 Å². The number of nitrogens with zero attached hydrogens (tertiary/aromatic N) is 2. The molecular weight excluding hydrogens is 260 g/mol. The predicted molar refractivity (Wildman–Crippen MR) is 77.8 cm³/mol. The Labute approximate surface area is 118 Å². The summed E-state index contributed by atoms with van der Waals surface area (Å²) in [5, 5.41) is 12.1. The van der Waals surface area contributed by atoms with E-state index in [0.717, 1.165) is 43.2 Å². The normalized spacial score (nSPS) is 21.4. The van der Waals surface area contributed by atoms with Crippen molar-refractivity contribution in [3.63, 3.8) is 0 Å². The van der Waals surface area contributed by atoms with Crippen LogP contribution in [0.4, 0.5) is 5.13 Å². The van der Waals surface area contributed by atoms with Crippen LogP contribution in [0.25, 0.3) is 0 Å². The van der Waals surface area contributed by atoms with E-state index in [-0.39, 0.29) is 12.3 Å². The quantitative estimate of drug-likeness (QED) is 0.902. The maximum atomic E-state index is 10.8. The zero-order chi connectivity index (χ0) is 13.8. The van der Waals surface area contributed by atoms with Crippen LogP contribution in [0.1, 0.15) is 38.8 Å². The molecule has 0 spiro atoms. The van der Waals surface area contributed by atoms with Crippen molar-refractivity contribution < 1.29 is 9.90 Å². The van der Waals surface area contributed by atoms with Crippen LogP contribution in [-0.2, 0) is 11.2 Å². The van der Waals surface area contributed by atoms with Crippen LogP contribution in [0, 0.1) is 11.8 Å². The first kappa shape index (κ1) is 14.3. The van der Waals surface area contributed by atoms with Crippen LogP contribution in [0.3, 0.4) is 0 Å². The fourth-order valence-corrected chi connectivity index (χ4v) is 3.64. The molecule has 5 heteroatoms. The van der Waals surface area contributed by atoms with Crippen LogP contribution in [-0.4, -0.2) is 29.1 Å². The minimum Gasteiger partial charge on any atom is -0.481 e. The van der Waals surface area contributed by atoms with Gasteiger partial charge in [-0.05, 0) is 31.1 Å². The van der Waals surface area contributed by atoms with Gasteiger partial charge in [0.2, 0.25) is 0 Å². The zero-order valence-electron chi connectivity index (χ0n) is 11.6. The van der Waals surface area contributed by atoms with Crippen LogP contribution < -0.4 is 4.90 Å². The number of aryl methyl sites for hydroxylation is 1. The molecule has 0 radical (unpaired) electrons. The van der Waals surface area contributed by atoms with Crippen LogP contribution >= 0.6 is 11.3 Å². The average Bonchev–Trinajstić information content (AvgIpc) is 2.87. The van der Waals surface area contributed by atoms with Crippen molar-refractivity contribution in [2.24, 2.45) is 11.8 Å². The van der Waals surface area contributed by atoms with E-state index in [4.69, 9.17) is 5.11 Å². The Morgan fingerprint density at radius 2 is 2.47 bits per heavy atom. The highest BCUT2D eigenvalue weighted by molar-refractivity contribution is 7.13. The minimum atomic E-state index is -0.688. The third kappa shape index (κ3) is 3.69. The summed E-state index contributed by atoms with van der Waals surface area (Å²) in [6.45, 7) is 6.17. The first-order chi connectivity index (χ1) is 9.10. The van der Waals surface area contributed by atoms with Gasteiger partial charge >= 0.3 is 5.97 Å². The monoisotopic (exact) mass is 282 g/mol. The molecule has 0 saturated carbocycles. The molecule has 19 heavy (non-hydrogen) atoms. The van der Waals surface area contributed by atoms with Crippen molar-refractivity contribution in [3.05, 3.63) is 11.1 Å². The lowest BCUT2D eigenvalue weighted by Crippen LogP contribution is -2.38. The molecule has 106 valence electrons. The number of hydrogen-bond acceptors (Lipinski definition) is 4. The van der Waals surface area contributed by atoms with Crippen molar-refractivity contribution in [2.75, 3.05) is 18.0 Å². The highest BCUT2D eigenvalue weighted by Gasteiger charge is 2.27. The number of carboxylic acid groups (broad SMARTS) is 1. The number of thiazole rings is 1. The van der Waals surface area contributed by atoms with E-state index in [1.54, 1.807) is 11.3 Å². The second-order valence-corrected chi connectivity index (χ2v) is 6.23. The Bertz CT molecular complexity index is 433. The largest absolute Gasteiger partial charge is 0.481 e. The first-order valence-electron chi connectivity index (χ1n) is 7.01. The Kier molecular flexibility index (Phi) is 4.80. The van der Waals surface area contributed by atoms with Gasteiger partial charge in [0.25, 0.3) is 0 Å². The lowest BCUT2D eigenvalue weighted by Gasteiger charge is -2.35. The first-order valence-corrected chi connectivity index (χ1v) is 7.89. The van der Waals surface area contributed by atoms with Gasteiger partial charge in [-0.1, -0.05) is 13.8 Å². The van der Waals surface area contributed by atoms with Crippen molar-refractivity contribution in [2.45, 2.75) is 39.5 Å². The smallest absolute Gasteiger partial charge is 0.303 e. The van der Waals surface area contributed by atoms with Gasteiger partial charge in [0, 0.05) is 24.9 Å². The molecule has 1 fully saturated rings. The van der Waals surface area contributed by atoms with E-state index in [1.807, 2.05) is 0 Å². The molecule has 0 amide bonds. The van der Waals surface area contributed by atoms with Crippen LogP contribution in [0.15, 0.2) is 5.38 Å². The number of rotatable bonds is 5. The molecule has 1 aromatic rings. The van der Waals surface area contributed by atoms with Gasteiger partial charge in [-0.25, -0.2) is 4.98 Å². The van der Waals surface area contributed by atoms with Gasteiger partial charge in [-0.15, -0.1) is 11.3 Å². The molecule has 1 aliphatic heterocycles. The molecule has 1 N–H and O–H groups in total. The summed E-state index contributed by atoms with van der Waals surface area (Å²) in [5.74, 6) is 0.0249. The fraction of sp³-hybridized carbons (Fsp3) is 0.714. The summed E-state index contributed by atoms with van der Waals surface area (Å²) in [4.78, 5) is 17.8. The highest BCUT2D eigenvalue weighted by atomic mass is 32.1. The predicted octanol–water partition coefficient (Wildman–Crippen LogP) is 3.03. The molecule has 4 nitrogen and oxygen atoms in total. The lowest BCUT2D eigenvalue weighted by atomic mass is 9.85. The average molecular weight is 282 g/mol. The molecule has 0 aromatic carbocycles. The number of aliphatic carboxylic acids is 1. The topological polar surface area (TPSA) is 53.4 Å². The zero-order valence-corrected chi connectivity index (χ0v) is 12.4. The standard InChI is InChI=1S/C14H22N2O2S/c1-3-12-9-19-14(15-12)16-6-4-5-11(8-16)10(2)7-13(17)18/h9-11H,3-8H2,1-2H3,(H,17,18). The molecule has 1 aromatic heterocycles. The summed E-state index contributed by atoms with van der Waals surface area (Å²) >= 11 is 1.71. The molecule has 2 unspecified atom stereocenters. The Balaban J connectivity index is 1.98. The number of hydrogen-bond donors (Lipinski definition) is 1. The molecule has 2 atom stereocenters. The lowest BCUT2D eigenvalue weighted by molar-refractivity contribution is -0.138. The molecule has 2 rings (SSSR count). The van der Waals surface area contributed by atoms with E-state index in [2.05, 4.69) is 29.1 Å². The number of aromatic nitrogens is 1. The van der Waals surface area contributed by atoms with Crippen molar-refractivity contribution in [3.8, 4) is 0 Å². The summed E-state index contributed by atoms with van der Waals surface area (Å²) in [7, 11) is 0. The van der Waals surface area contributed by atoms with Gasteiger partial charge in [-0.2, -0.15) is 0 Å². The van der Waals surface area contributed by atoms with Crippen molar-refractivity contribution >= 4 is 22.4 Å². The van der Waals surface area contributed by atoms with E-state index in [9.17, 15) is 4.79 Å². The number of anilines is 1. The Morgan fingerprint density at radius 3 is 3.11 bits per heavy atom. The van der Waals surface area contributed by atoms with Gasteiger partial charge in [0.15, 0.2) is 5.13 Å². The Morgan fingerprint density at radius 1 is 1.68 bits per heavy atom. The van der Waals surface area contributed by atoms with Crippen molar-refractivity contribution in [1.29, 1.82) is 0 Å². The third-order valence-electron chi connectivity index (χ3n) is 3.93. The highest BCUT2D eigenvalue weighted by Crippen LogP contribution is 2.30. The maximum absolute atomic E-state index is 10.8. The molecule has 2 heterocycles. The fourth-order valence-electron chi connectivity index (χ4n) is 2.69. The second kappa shape index (κ2) is 6.37. The number of piperidine rings is 1. The SMILES string of the molecule is CCc1csc(N2CCCC(C(C)CC(=O)O)C2)n1. The molecule has 0 bridgehead atoms.